The van der Waals surface area contributed by atoms with Crippen LogP contribution < -0.4 is 0 Å². The quantitative estimate of drug-likeness (QED) is 0.713. The molecule has 3 fully saturated rings. The summed E-state index contributed by atoms with van der Waals surface area (Å²) in [7, 11) is 0. The van der Waals surface area contributed by atoms with Crippen LogP contribution in [-0.4, -0.2) is 29.6 Å². The van der Waals surface area contributed by atoms with E-state index >= 15 is 0 Å². The standard InChI is InChI=1S/C16H26FNO/c1-14(2,3)12-9-18(10-16(12)6-5-7-16)13(19)11-8-15(11,4)17/h11-12H,5-10H2,1-4H3. The molecule has 108 valence electrons. The molecule has 0 aromatic rings. The third-order valence-corrected chi connectivity index (χ3v) is 5.82. The second-order valence-electron chi connectivity index (χ2n) is 8.39. The Kier molecular flexibility index (Phi) is 2.63. The van der Waals surface area contributed by atoms with Crippen molar-refractivity contribution in [2.45, 2.75) is 59.0 Å². The van der Waals surface area contributed by atoms with Crippen molar-refractivity contribution in [2.24, 2.45) is 22.7 Å². The molecule has 2 aliphatic carbocycles. The van der Waals surface area contributed by atoms with Crippen LogP contribution in [0.3, 0.4) is 0 Å². The SMILES string of the molecule is CC(C)(C)C1CN(C(=O)C2CC2(C)F)CC12CCC2. The molecule has 1 heterocycles. The first-order chi connectivity index (χ1) is 8.66. The molecule has 3 rings (SSSR count). The number of rotatable bonds is 1. The summed E-state index contributed by atoms with van der Waals surface area (Å²) in [5.41, 5.74) is -0.656. The maximum atomic E-state index is 13.7. The Morgan fingerprint density at radius 1 is 1.32 bits per heavy atom. The molecule has 2 saturated carbocycles. The van der Waals surface area contributed by atoms with E-state index in [-0.39, 0.29) is 17.2 Å². The number of hydrogen-bond acceptors (Lipinski definition) is 1. The number of nitrogens with zero attached hydrogens (tertiary/aromatic N) is 1. The lowest BCUT2D eigenvalue weighted by molar-refractivity contribution is -0.133. The molecule has 1 aliphatic heterocycles. The van der Waals surface area contributed by atoms with Gasteiger partial charge < -0.3 is 4.90 Å². The Morgan fingerprint density at radius 2 is 1.89 bits per heavy atom. The van der Waals surface area contributed by atoms with Crippen molar-refractivity contribution in [1.29, 1.82) is 0 Å². The van der Waals surface area contributed by atoms with Crippen molar-refractivity contribution in [3.05, 3.63) is 0 Å². The lowest BCUT2D eigenvalue weighted by Crippen LogP contribution is -2.43. The summed E-state index contributed by atoms with van der Waals surface area (Å²) in [5, 5.41) is 0. The van der Waals surface area contributed by atoms with Crippen molar-refractivity contribution < 1.29 is 9.18 Å². The van der Waals surface area contributed by atoms with E-state index in [4.69, 9.17) is 0 Å². The van der Waals surface area contributed by atoms with Gasteiger partial charge in [0.1, 0.15) is 5.67 Å². The van der Waals surface area contributed by atoms with Crippen LogP contribution in [0.2, 0.25) is 0 Å². The summed E-state index contributed by atoms with van der Waals surface area (Å²) in [6, 6.07) is 0. The van der Waals surface area contributed by atoms with Crippen LogP contribution in [0.4, 0.5) is 4.39 Å². The zero-order valence-electron chi connectivity index (χ0n) is 12.6. The predicted molar refractivity (Wildman–Crippen MR) is 73.4 cm³/mol. The number of amides is 1. The van der Waals surface area contributed by atoms with Gasteiger partial charge in [0.25, 0.3) is 0 Å². The minimum atomic E-state index is -1.23. The summed E-state index contributed by atoms with van der Waals surface area (Å²) in [6.45, 7) is 10.1. The average molecular weight is 267 g/mol. The Bertz CT molecular complexity index is 405. The van der Waals surface area contributed by atoms with Gasteiger partial charge in [-0.2, -0.15) is 0 Å². The van der Waals surface area contributed by atoms with Crippen LogP contribution in [0.25, 0.3) is 0 Å². The second kappa shape index (κ2) is 3.73. The molecular formula is C16H26FNO. The van der Waals surface area contributed by atoms with E-state index in [1.54, 1.807) is 6.92 Å². The minimum Gasteiger partial charge on any atom is -0.341 e. The van der Waals surface area contributed by atoms with Gasteiger partial charge >= 0.3 is 0 Å². The zero-order chi connectivity index (χ0) is 14.1. The first-order valence-corrected chi connectivity index (χ1v) is 7.63. The van der Waals surface area contributed by atoms with Crippen LogP contribution in [0, 0.1) is 22.7 Å². The Hall–Kier alpha value is -0.600. The summed E-state index contributed by atoms with van der Waals surface area (Å²) in [5.74, 6) is 0.286. The molecule has 0 radical (unpaired) electrons. The molecule has 0 bridgehead atoms. The lowest BCUT2D eigenvalue weighted by atomic mass is 9.56. The smallest absolute Gasteiger partial charge is 0.229 e. The highest BCUT2D eigenvalue weighted by Gasteiger charge is 2.61. The van der Waals surface area contributed by atoms with Gasteiger partial charge in [-0.05, 0) is 42.9 Å². The van der Waals surface area contributed by atoms with Gasteiger partial charge in [-0.15, -0.1) is 0 Å². The van der Waals surface area contributed by atoms with Crippen LogP contribution in [0.15, 0.2) is 0 Å². The second-order valence-corrected chi connectivity index (χ2v) is 8.39. The fourth-order valence-corrected chi connectivity index (χ4v) is 4.37. The molecule has 3 unspecified atom stereocenters. The average Bonchev–Trinajstić information content (AvgIpc) is 2.73. The third-order valence-electron chi connectivity index (χ3n) is 5.82. The molecule has 1 saturated heterocycles. The summed E-state index contributed by atoms with van der Waals surface area (Å²) in [6.07, 6.45) is 4.21. The van der Waals surface area contributed by atoms with E-state index in [1.807, 2.05) is 4.90 Å². The van der Waals surface area contributed by atoms with E-state index in [0.717, 1.165) is 13.1 Å². The molecule has 19 heavy (non-hydrogen) atoms. The van der Waals surface area contributed by atoms with Crippen molar-refractivity contribution >= 4 is 5.91 Å². The van der Waals surface area contributed by atoms with E-state index in [0.29, 0.717) is 17.8 Å². The first-order valence-electron chi connectivity index (χ1n) is 7.63. The van der Waals surface area contributed by atoms with Gasteiger partial charge in [-0.3, -0.25) is 4.79 Å². The Balaban J connectivity index is 1.75. The van der Waals surface area contributed by atoms with Gasteiger partial charge in [-0.25, -0.2) is 4.39 Å². The highest BCUT2D eigenvalue weighted by molar-refractivity contribution is 5.83. The van der Waals surface area contributed by atoms with E-state index < -0.39 is 5.67 Å². The van der Waals surface area contributed by atoms with Gasteiger partial charge in [0.05, 0.1) is 5.92 Å². The molecule has 3 atom stereocenters. The van der Waals surface area contributed by atoms with Crippen molar-refractivity contribution in [2.75, 3.05) is 13.1 Å². The number of alkyl halides is 1. The normalized spacial score (nSPS) is 40.4. The molecule has 1 spiro atoms. The number of halogens is 1. The molecule has 3 heteroatoms. The highest BCUT2D eigenvalue weighted by Crippen LogP contribution is 2.58. The van der Waals surface area contributed by atoms with E-state index in [1.165, 1.54) is 19.3 Å². The first kappa shape index (κ1) is 13.4. The lowest BCUT2D eigenvalue weighted by Gasteiger charge is -2.47. The minimum absolute atomic E-state index is 0.0722. The van der Waals surface area contributed by atoms with Gasteiger partial charge in [0, 0.05) is 13.1 Å². The maximum Gasteiger partial charge on any atom is 0.229 e. The van der Waals surface area contributed by atoms with Crippen LogP contribution in [0.1, 0.15) is 53.4 Å². The molecule has 0 aromatic carbocycles. The molecular weight excluding hydrogens is 241 g/mol. The number of carbonyl (C=O) groups excluding carboxylic acids is 1. The highest BCUT2D eigenvalue weighted by atomic mass is 19.1. The summed E-state index contributed by atoms with van der Waals surface area (Å²) in [4.78, 5) is 14.4. The Morgan fingerprint density at radius 3 is 2.21 bits per heavy atom. The maximum absolute atomic E-state index is 13.7. The number of likely N-dealkylation sites (tertiary alicyclic amines) is 1. The van der Waals surface area contributed by atoms with Crippen LogP contribution >= 0.6 is 0 Å². The largest absolute Gasteiger partial charge is 0.341 e. The molecule has 1 amide bonds. The zero-order valence-corrected chi connectivity index (χ0v) is 12.6. The Labute approximate surface area is 115 Å². The molecule has 0 N–H and O–H groups in total. The monoisotopic (exact) mass is 267 g/mol. The summed E-state index contributed by atoms with van der Waals surface area (Å²) >= 11 is 0. The fraction of sp³-hybridized carbons (Fsp3) is 0.938. The number of hydrogen-bond donors (Lipinski definition) is 0. The third kappa shape index (κ3) is 2.00. The van der Waals surface area contributed by atoms with Crippen molar-refractivity contribution in [3.63, 3.8) is 0 Å². The van der Waals surface area contributed by atoms with Crippen LogP contribution in [-0.2, 0) is 4.79 Å². The van der Waals surface area contributed by atoms with Crippen molar-refractivity contribution in [1.82, 2.24) is 4.90 Å². The van der Waals surface area contributed by atoms with E-state index in [2.05, 4.69) is 20.8 Å². The van der Waals surface area contributed by atoms with Gasteiger partial charge in [0.15, 0.2) is 0 Å². The van der Waals surface area contributed by atoms with Crippen LogP contribution in [0.5, 0.6) is 0 Å². The van der Waals surface area contributed by atoms with Gasteiger partial charge in [-0.1, -0.05) is 27.2 Å². The van der Waals surface area contributed by atoms with E-state index in [9.17, 15) is 9.18 Å². The predicted octanol–water partition coefficient (Wildman–Crippen LogP) is 3.41. The summed E-state index contributed by atoms with van der Waals surface area (Å²) < 4.78 is 13.7. The topological polar surface area (TPSA) is 20.3 Å². The molecule has 3 aliphatic rings. The fourth-order valence-electron chi connectivity index (χ4n) is 4.37. The van der Waals surface area contributed by atoms with Gasteiger partial charge in [0.2, 0.25) is 5.91 Å². The molecule has 0 aromatic heterocycles. The molecule has 2 nitrogen and oxygen atoms in total. The van der Waals surface area contributed by atoms with Crippen molar-refractivity contribution in [3.8, 4) is 0 Å². The number of carbonyl (C=O) groups is 1.